The summed E-state index contributed by atoms with van der Waals surface area (Å²) < 4.78 is 0. The van der Waals surface area contributed by atoms with Gasteiger partial charge in [-0.3, -0.25) is 15.5 Å². The van der Waals surface area contributed by atoms with E-state index in [1.807, 2.05) is 0 Å². The third-order valence-corrected chi connectivity index (χ3v) is 2.39. The van der Waals surface area contributed by atoms with E-state index in [0.29, 0.717) is 10.7 Å². The van der Waals surface area contributed by atoms with Gasteiger partial charge in [0.15, 0.2) is 5.11 Å². The van der Waals surface area contributed by atoms with Crippen LogP contribution in [0.15, 0.2) is 23.3 Å². The van der Waals surface area contributed by atoms with Crippen LogP contribution < -0.4 is 10.7 Å². The van der Waals surface area contributed by atoms with Crippen LogP contribution in [0.3, 0.4) is 0 Å². The van der Waals surface area contributed by atoms with E-state index in [0.717, 1.165) is 0 Å². The van der Waals surface area contributed by atoms with Crippen molar-refractivity contribution >= 4 is 40.8 Å². The molecular weight excluding hydrogens is 264 g/mol. The van der Waals surface area contributed by atoms with E-state index in [1.165, 1.54) is 18.3 Å². The average Bonchev–Trinajstić information content (AvgIpc) is 2.30. The van der Waals surface area contributed by atoms with Crippen molar-refractivity contribution < 1.29 is 4.92 Å². The van der Waals surface area contributed by atoms with E-state index in [1.54, 1.807) is 13.1 Å². The summed E-state index contributed by atoms with van der Waals surface area (Å²) in [5, 5.41) is 17.5. The van der Waals surface area contributed by atoms with Gasteiger partial charge in [-0.05, 0) is 18.3 Å². The molecule has 0 saturated carbocycles. The van der Waals surface area contributed by atoms with Crippen molar-refractivity contribution in [2.75, 3.05) is 7.05 Å². The van der Waals surface area contributed by atoms with Gasteiger partial charge in [-0.15, -0.1) is 0 Å². The van der Waals surface area contributed by atoms with Crippen LogP contribution in [0.2, 0.25) is 5.02 Å². The van der Waals surface area contributed by atoms with Crippen molar-refractivity contribution in [3.8, 4) is 0 Å². The average molecular weight is 273 g/mol. The van der Waals surface area contributed by atoms with E-state index in [2.05, 4.69) is 15.8 Å². The summed E-state index contributed by atoms with van der Waals surface area (Å²) in [5.74, 6) is 0. The topological polar surface area (TPSA) is 79.6 Å². The van der Waals surface area contributed by atoms with E-state index >= 15 is 0 Å². The number of hydrogen-bond donors (Lipinski definition) is 2. The van der Waals surface area contributed by atoms with Gasteiger partial charge in [0, 0.05) is 18.7 Å². The monoisotopic (exact) mass is 272 g/mol. The third-order valence-electron chi connectivity index (χ3n) is 1.77. The molecule has 0 aliphatic carbocycles. The number of benzene rings is 1. The minimum absolute atomic E-state index is 0.0888. The Morgan fingerprint density at radius 3 is 2.94 bits per heavy atom. The maximum Gasteiger partial charge on any atom is 0.288 e. The van der Waals surface area contributed by atoms with Crippen LogP contribution in [0.25, 0.3) is 0 Å². The highest BCUT2D eigenvalue weighted by molar-refractivity contribution is 7.80. The summed E-state index contributed by atoms with van der Waals surface area (Å²) in [4.78, 5) is 10.1. The Kier molecular flexibility index (Phi) is 4.80. The first-order valence-electron chi connectivity index (χ1n) is 4.49. The molecule has 0 aromatic heterocycles. The number of halogens is 1. The zero-order valence-electron chi connectivity index (χ0n) is 8.81. The number of thiocarbonyl (C=S) groups is 1. The standard InChI is InChI=1S/C9H9ClN4O2S/c1-11-9(17)13-12-5-6-2-3-7(10)8(4-6)14(15)16/h2-5H,1H3,(H2,11,13,17)/b12-5+. The number of nitro benzene ring substituents is 1. The van der Waals surface area contributed by atoms with Gasteiger partial charge in [0.05, 0.1) is 11.1 Å². The molecule has 0 heterocycles. The van der Waals surface area contributed by atoms with Gasteiger partial charge in [-0.1, -0.05) is 17.7 Å². The summed E-state index contributed by atoms with van der Waals surface area (Å²) in [6.07, 6.45) is 1.41. The molecule has 0 spiro atoms. The Bertz CT molecular complexity index is 478. The second-order valence-corrected chi connectivity index (χ2v) is 3.73. The van der Waals surface area contributed by atoms with Gasteiger partial charge in [0.1, 0.15) is 5.02 Å². The molecule has 1 aromatic carbocycles. The Hall–Kier alpha value is -1.73. The summed E-state index contributed by atoms with van der Waals surface area (Å²) in [7, 11) is 1.65. The van der Waals surface area contributed by atoms with Gasteiger partial charge in [0.2, 0.25) is 0 Å². The lowest BCUT2D eigenvalue weighted by atomic mass is 10.2. The minimum atomic E-state index is -0.550. The smallest absolute Gasteiger partial charge is 0.288 e. The number of nitro groups is 1. The number of nitrogens with one attached hydrogen (secondary N) is 2. The largest absolute Gasteiger partial charge is 0.364 e. The highest BCUT2D eigenvalue weighted by Gasteiger charge is 2.11. The molecule has 0 aliphatic rings. The van der Waals surface area contributed by atoms with E-state index in [9.17, 15) is 10.1 Å². The molecule has 6 nitrogen and oxygen atoms in total. The third kappa shape index (κ3) is 3.97. The molecule has 17 heavy (non-hydrogen) atoms. The van der Waals surface area contributed by atoms with Gasteiger partial charge >= 0.3 is 0 Å². The van der Waals surface area contributed by atoms with Crippen molar-refractivity contribution in [2.45, 2.75) is 0 Å². The molecule has 0 radical (unpaired) electrons. The zero-order valence-corrected chi connectivity index (χ0v) is 10.4. The van der Waals surface area contributed by atoms with Gasteiger partial charge in [0.25, 0.3) is 5.69 Å². The Morgan fingerprint density at radius 2 is 2.35 bits per heavy atom. The van der Waals surface area contributed by atoms with Crippen molar-refractivity contribution in [3.63, 3.8) is 0 Å². The SMILES string of the molecule is CNC(=S)N/N=C/c1ccc(Cl)c([N+](=O)[O-])c1. The van der Waals surface area contributed by atoms with Crippen molar-refractivity contribution in [3.05, 3.63) is 38.9 Å². The lowest BCUT2D eigenvalue weighted by molar-refractivity contribution is -0.384. The fourth-order valence-corrected chi connectivity index (χ4v) is 1.21. The second-order valence-electron chi connectivity index (χ2n) is 2.92. The molecular formula is C9H9ClN4O2S. The van der Waals surface area contributed by atoms with Crippen molar-refractivity contribution in [2.24, 2.45) is 5.10 Å². The molecule has 0 atom stereocenters. The number of hydrazone groups is 1. The van der Waals surface area contributed by atoms with Crippen LogP contribution in [0.5, 0.6) is 0 Å². The number of nitrogens with zero attached hydrogens (tertiary/aromatic N) is 2. The quantitative estimate of drug-likeness (QED) is 0.379. The Balaban J connectivity index is 2.82. The lowest BCUT2D eigenvalue weighted by Gasteiger charge is -2.00. The summed E-state index contributed by atoms with van der Waals surface area (Å²) in [5.41, 5.74) is 2.92. The van der Waals surface area contributed by atoms with Crippen molar-refractivity contribution in [1.29, 1.82) is 0 Å². The molecule has 90 valence electrons. The van der Waals surface area contributed by atoms with E-state index in [4.69, 9.17) is 23.8 Å². The van der Waals surface area contributed by atoms with E-state index < -0.39 is 4.92 Å². The Morgan fingerprint density at radius 1 is 1.65 bits per heavy atom. The molecule has 0 fully saturated rings. The van der Waals surface area contributed by atoms with Gasteiger partial charge < -0.3 is 5.32 Å². The molecule has 0 saturated heterocycles. The molecule has 1 aromatic rings. The van der Waals surface area contributed by atoms with Crippen LogP contribution in [0, 0.1) is 10.1 Å². The maximum atomic E-state index is 10.6. The van der Waals surface area contributed by atoms with Crippen LogP contribution in [-0.4, -0.2) is 23.3 Å². The normalized spacial score (nSPS) is 10.2. The molecule has 0 aliphatic heterocycles. The van der Waals surface area contributed by atoms with Gasteiger partial charge in [-0.2, -0.15) is 5.10 Å². The first-order valence-corrected chi connectivity index (χ1v) is 5.28. The first-order chi connectivity index (χ1) is 8.04. The van der Waals surface area contributed by atoms with Crippen LogP contribution in [-0.2, 0) is 0 Å². The summed E-state index contributed by atoms with van der Waals surface area (Å²) in [6, 6.07) is 4.39. The predicted octanol–water partition coefficient (Wildman–Crippen LogP) is 1.68. The molecule has 2 N–H and O–H groups in total. The molecule has 8 heteroatoms. The number of hydrogen-bond acceptors (Lipinski definition) is 4. The lowest BCUT2D eigenvalue weighted by Crippen LogP contribution is -2.28. The van der Waals surface area contributed by atoms with Gasteiger partial charge in [-0.25, -0.2) is 0 Å². The minimum Gasteiger partial charge on any atom is -0.364 e. The Labute approximate surface area is 108 Å². The van der Waals surface area contributed by atoms with Crippen molar-refractivity contribution in [1.82, 2.24) is 10.7 Å². The fraction of sp³-hybridized carbons (Fsp3) is 0.111. The van der Waals surface area contributed by atoms with Crippen LogP contribution in [0.4, 0.5) is 5.69 Å². The fourth-order valence-electron chi connectivity index (χ4n) is 0.971. The molecule has 0 unspecified atom stereocenters. The van der Waals surface area contributed by atoms with Crippen LogP contribution >= 0.6 is 23.8 Å². The highest BCUT2D eigenvalue weighted by atomic mass is 35.5. The first kappa shape index (κ1) is 13.3. The second kappa shape index (κ2) is 6.12. The highest BCUT2D eigenvalue weighted by Crippen LogP contribution is 2.24. The molecule has 1 rings (SSSR count). The maximum absolute atomic E-state index is 10.6. The summed E-state index contributed by atoms with van der Waals surface area (Å²) in [6.45, 7) is 0. The summed E-state index contributed by atoms with van der Waals surface area (Å²) >= 11 is 10.5. The molecule has 0 amide bonds. The zero-order chi connectivity index (χ0) is 12.8. The predicted molar refractivity (Wildman–Crippen MR) is 70.5 cm³/mol. The van der Waals surface area contributed by atoms with E-state index in [-0.39, 0.29) is 10.7 Å². The number of rotatable bonds is 3. The molecule has 0 bridgehead atoms. The van der Waals surface area contributed by atoms with Crippen LogP contribution in [0.1, 0.15) is 5.56 Å².